The monoisotopic (exact) mass is 252 g/mol. The van der Waals surface area contributed by atoms with Crippen LogP contribution in [0, 0.1) is 5.82 Å². The van der Waals surface area contributed by atoms with Crippen LogP contribution >= 0.6 is 15.9 Å². The molecule has 0 radical (unpaired) electrons. The molecule has 0 N–H and O–H groups in total. The highest BCUT2D eigenvalue weighted by atomic mass is 79.9. The van der Waals surface area contributed by atoms with Crippen molar-refractivity contribution in [3.8, 4) is 11.4 Å². The van der Waals surface area contributed by atoms with Gasteiger partial charge in [0, 0.05) is 18.0 Å². The van der Waals surface area contributed by atoms with Crippen LogP contribution in [0.2, 0.25) is 0 Å². The van der Waals surface area contributed by atoms with Gasteiger partial charge >= 0.3 is 0 Å². The molecule has 0 spiro atoms. The van der Waals surface area contributed by atoms with E-state index in [1.54, 1.807) is 24.5 Å². The number of halogens is 2. The van der Waals surface area contributed by atoms with Gasteiger partial charge in [-0.25, -0.2) is 14.4 Å². The van der Waals surface area contributed by atoms with Gasteiger partial charge in [-0.1, -0.05) is 0 Å². The summed E-state index contributed by atoms with van der Waals surface area (Å²) in [5.41, 5.74) is 0.805. The van der Waals surface area contributed by atoms with E-state index in [1.807, 2.05) is 0 Å². The summed E-state index contributed by atoms with van der Waals surface area (Å²) in [5.74, 6) is 0.332. The second kappa shape index (κ2) is 3.84. The molecule has 14 heavy (non-hydrogen) atoms. The number of benzene rings is 1. The van der Waals surface area contributed by atoms with Crippen LogP contribution in [0.3, 0.4) is 0 Å². The standard InChI is InChI=1S/C10H6BrFN2/c11-8-5-13-10(14-6-8)7-1-3-9(12)4-2-7/h1-6H. The summed E-state index contributed by atoms with van der Waals surface area (Å²) in [6.07, 6.45) is 3.32. The van der Waals surface area contributed by atoms with Gasteiger partial charge in [-0.2, -0.15) is 0 Å². The molecule has 0 saturated heterocycles. The molecule has 0 aliphatic rings. The Morgan fingerprint density at radius 3 is 2.14 bits per heavy atom. The van der Waals surface area contributed by atoms with Gasteiger partial charge in [0.05, 0.1) is 4.47 Å². The Labute approximate surface area is 89.0 Å². The van der Waals surface area contributed by atoms with E-state index in [2.05, 4.69) is 25.9 Å². The maximum absolute atomic E-state index is 12.6. The van der Waals surface area contributed by atoms with Crippen molar-refractivity contribution in [1.29, 1.82) is 0 Å². The van der Waals surface area contributed by atoms with Gasteiger partial charge in [-0.15, -0.1) is 0 Å². The molecule has 2 aromatic rings. The molecule has 0 atom stereocenters. The first-order valence-electron chi connectivity index (χ1n) is 3.99. The first kappa shape index (κ1) is 9.27. The molecule has 0 aliphatic carbocycles. The van der Waals surface area contributed by atoms with E-state index in [1.165, 1.54) is 12.1 Å². The molecule has 0 amide bonds. The van der Waals surface area contributed by atoms with Gasteiger partial charge in [0.25, 0.3) is 0 Å². The van der Waals surface area contributed by atoms with Crippen LogP contribution in [-0.4, -0.2) is 9.97 Å². The largest absolute Gasteiger partial charge is 0.235 e. The van der Waals surface area contributed by atoms with Crippen molar-refractivity contribution in [1.82, 2.24) is 9.97 Å². The van der Waals surface area contributed by atoms with Gasteiger partial charge < -0.3 is 0 Å². The lowest BCUT2D eigenvalue weighted by Gasteiger charge is -1.98. The summed E-state index contributed by atoms with van der Waals surface area (Å²) in [4.78, 5) is 8.20. The molecular weight excluding hydrogens is 247 g/mol. The molecule has 1 aromatic heterocycles. The molecule has 70 valence electrons. The lowest BCUT2D eigenvalue weighted by atomic mass is 10.2. The first-order chi connectivity index (χ1) is 6.75. The van der Waals surface area contributed by atoms with E-state index in [-0.39, 0.29) is 5.82 Å². The molecular formula is C10H6BrFN2. The van der Waals surface area contributed by atoms with Crippen LogP contribution in [0.4, 0.5) is 4.39 Å². The predicted octanol–water partition coefficient (Wildman–Crippen LogP) is 3.05. The molecule has 0 saturated carbocycles. The third kappa shape index (κ3) is 1.96. The second-order valence-corrected chi connectivity index (χ2v) is 3.65. The van der Waals surface area contributed by atoms with Crippen LogP contribution < -0.4 is 0 Å². The van der Waals surface area contributed by atoms with E-state index in [0.717, 1.165) is 10.0 Å². The van der Waals surface area contributed by atoms with Crippen LogP contribution in [0.15, 0.2) is 41.1 Å². The topological polar surface area (TPSA) is 25.8 Å². The SMILES string of the molecule is Fc1ccc(-c2ncc(Br)cn2)cc1. The molecule has 0 aliphatic heterocycles. The second-order valence-electron chi connectivity index (χ2n) is 2.73. The van der Waals surface area contributed by atoms with Gasteiger partial charge in [-0.3, -0.25) is 0 Å². The van der Waals surface area contributed by atoms with Crippen LogP contribution in [0.1, 0.15) is 0 Å². The molecule has 0 bridgehead atoms. The quantitative estimate of drug-likeness (QED) is 0.780. The highest BCUT2D eigenvalue weighted by Gasteiger charge is 2.00. The number of aromatic nitrogens is 2. The number of rotatable bonds is 1. The van der Waals surface area contributed by atoms with Gasteiger partial charge in [0.1, 0.15) is 5.82 Å². The Morgan fingerprint density at radius 1 is 1.00 bits per heavy atom. The van der Waals surface area contributed by atoms with Crippen molar-refractivity contribution in [3.05, 3.63) is 46.9 Å². The minimum Gasteiger partial charge on any atom is -0.235 e. The van der Waals surface area contributed by atoms with Crippen molar-refractivity contribution in [2.75, 3.05) is 0 Å². The Kier molecular flexibility index (Phi) is 2.54. The van der Waals surface area contributed by atoms with Gasteiger partial charge in [0.2, 0.25) is 0 Å². The average Bonchev–Trinajstić information content (AvgIpc) is 2.21. The minimum absolute atomic E-state index is 0.258. The van der Waals surface area contributed by atoms with Crippen LogP contribution in [-0.2, 0) is 0 Å². The average molecular weight is 253 g/mol. The van der Waals surface area contributed by atoms with Gasteiger partial charge in [-0.05, 0) is 40.2 Å². The first-order valence-corrected chi connectivity index (χ1v) is 4.78. The summed E-state index contributed by atoms with van der Waals surface area (Å²) in [7, 11) is 0. The van der Waals surface area contributed by atoms with Gasteiger partial charge in [0.15, 0.2) is 5.82 Å². The summed E-state index contributed by atoms with van der Waals surface area (Å²) in [5, 5.41) is 0. The van der Waals surface area contributed by atoms with Crippen molar-refractivity contribution in [2.24, 2.45) is 0 Å². The summed E-state index contributed by atoms with van der Waals surface area (Å²) in [6, 6.07) is 6.08. The van der Waals surface area contributed by atoms with Crippen LogP contribution in [0.25, 0.3) is 11.4 Å². The summed E-state index contributed by atoms with van der Waals surface area (Å²) in [6.45, 7) is 0. The fraction of sp³-hybridized carbons (Fsp3) is 0. The Bertz CT molecular complexity index is 381. The van der Waals surface area contributed by atoms with Crippen LogP contribution in [0.5, 0.6) is 0 Å². The fourth-order valence-corrected chi connectivity index (χ4v) is 1.27. The fourth-order valence-electron chi connectivity index (χ4n) is 1.06. The maximum Gasteiger partial charge on any atom is 0.159 e. The zero-order valence-corrected chi connectivity index (χ0v) is 8.70. The smallest absolute Gasteiger partial charge is 0.159 e. The Morgan fingerprint density at radius 2 is 1.57 bits per heavy atom. The van der Waals surface area contributed by atoms with E-state index in [9.17, 15) is 4.39 Å². The lowest BCUT2D eigenvalue weighted by molar-refractivity contribution is 0.628. The molecule has 2 rings (SSSR count). The molecule has 1 aromatic carbocycles. The predicted molar refractivity (Wildman–Crippen MR) is 55.1 cm³/mol. The van der Waals surface area contributed by atoms with E-state index < -0.39 is 0 Å². The van der Waals surface area contributed by atoms with E-state index in [4.69, 9.17) is 0 Å². The number of hydrogen-bond acceptors (Lipinski definition) is 2. The maximum atomic E-state index is 12.6. The summed E-state index contributed by atoms with van der Waals surface area (Å²) >= 11 is 3.24. The molecule has 4 heteroatoms. The van der Waals surface area contributed by atoms with E-state index in [0.29, 0.717) is 5.82 Å². The highest BCUT2D eigenvalue weighted by molar-refractivity contribution is 9.10. The molecule has 2 nitrogen and oxygen atoms in total. The Hall–Kier alpha value is -1.29. The van der Waals surface area contributed by atoms with Crippen molar-refractivity contribution in [2.45, 2.75) is 0 Å². The Balaban J connectivity index is 2.40. The van der Waals surface area contributed by atoms with Crippen molar-refractivity contribution in [3.63, 3.8) is 0 Å². The zero-order valence-electron chi connectivity index (χ0n) is 7.11. The van der Waals surface area contributed by atoms with E-state index >= 15 is 0 Å². The molecule has 0 unspecified atom stereocenters. The lowest BCUT2D eigenvalue weighted by Crippen LogP contribution is -1.87. The number of hydrogen-bond donors (Lipinski definition) is 0. The third-order valence-corrected chi connectivity index (χ3v) is 2.13. The minimum atomic E-state index is -0.258. The van der Waals surface area contributed by atoms with Crippen molar-refractivity contribution < 1.29 is 4.39 Å². The summed E-state index contributed by atoms with van der Waals surface area (Å²) < 4.78 is 13.4. The third-order valence-electron chi connectivity index (χ3n) is 1.72. The molecule has 0 fully saturated rings. The zero-order chi connectivity index (χ0) is 9.97. The normalized spacial score (nSPS) is 10.1. The van der Waals surface area contributed by atoms with Crippen molar-refractivity contribution >= 4 is 15.9 Å². The molecule has 1 heterocycles. The number of nitrogens with zero attached hydrogens (tertiary/aromatic N) is 2. The highest BCUT2D eigenvalue weighted by Crippen LogP contribution is 2.15.